The van der Waals surface area contributed by atoms with Gasteiger partial charge in [0.25, 0.3) is 0 Å². The van der Waals surface area contributed by atoms with Crippen molar-refractivity contribution < 1.29 is 18.9 Å². The minimum absolute atomic E-state index is 0.733. The Balaban J connectivity index is 2.00. The van der Waals surface area contributed by atoms with E-state index >= 15 is 0 Å². The zero-order valence-corrected chi connectivity index (χ0v) is 12.9. The highest BCUT2D eigenvalue weighted by atomic mass is 16.5. The average Bonchev–Trinajstić information content (AvgIpc) is 2.46. The van der Waals surface area contributed by atoms with Gasteiger partial charge in [-0.3, -0.25) is 0 Å². The van der Waals surface area contributed by atoms with Crippen molar-refractivity contribution in [3.05, 3.63) is 0 Å². The fourth-order valence-electron chi connectivity index (χ4n) is 2.17. The predicted molar refractivity (Wildman–Crippen MR) is 80.2 cm³/mol. The van der Waals surface area contributed by atoms with E-state index in [1.165, 1.54) is 25.7 Å². The Morgan fingerprint density at radius 3 is 0.750 bits per heavy atom. The molecule has 0 aliphatic carbocycles. The average molecular weight is 288 g/mol. The fraction of sp³-hybridized carbons (Fsp3) is 1.00. The molecule has 1 aliphatic rings. The summed E-state index contributed by atoms with van der Waals surface area (Å²) in [7, 11) is 0. The van der Waals surface area contributed by atoms with Crippen LogP contribution in [0.2, 0.25) is 0 Å². The van der Waals surface area contributed by atoms with Gasteiger partial charge in [0.2, 0.25) is 0 Å². The lowest BCUT2D eigenvalue weighted by atomic mass is 10.2. The summed E-state index contributed by atoms with van der Waals surface area (Å²) in [5.41, 5.74) is 0. The van der Waals surface area contributed by atoms with Crippen LogP contribution in [0.3, 0.4) is 0 Å². The van der Waals surface area contributed by atoms with Crippen molar-refractivity contribution in [2.45, 2.75) is 51.4 Å². The topological polar surface area (TPSA) is 36.9 Å². The molecule has 4 nitrogen and oxygen atoms in total. The van der Waals surface area contributed by atoms with Crippen LogP contribution in [0.15, 0.2) is 0 Å². The van der Waals surface area contributed by atoms with E-state index in [0.717, 1.165) is 78.5 Å². The number of hydrogen-bond acceptors (Lipinski definition) is 4. The van der Waals surface area contributed by atoms with Crippen LogP contribution in [-0.4, -0.2) is 52.9 Å². The van der Waals surface area contributed by atoms with Gasteiger partial charge in [0.1, 0.15) is 0 Å². The van der Waals surface area contributed by atoms with Crippen LogP contribution >= 0.6 is 0 Å². The molecule has 0 aromatic rings. The summed E-state index contributed by atoms with van der Waals surface area (Å²) >= 11 is 0. The van der Waals surface area contributed by atoms with Crippen molar-refractivity contribution >= 4 is 0 Å². The second kappa shape index (κ2) is 15.2. The van der Waals surface area contributed by atoms with Crippen molar-refractivity contribution in [1.82, 2.24) is 0 Å². The molecular formula is C16H32O4. The van der Waals surface area contributed by atoms with E-state index in [-0.39, 0.29) is 0 Å². The molecule has 0 aromatic carbocycles. The van der Waals surface area contributed by atoms with Gasteiger partial charge in [-0.2, -0.15) is 0 Å². The molecule has 0 unspecified atom stereocenters. The van der Waals surface area contributed by atoms with Crippen LogP contribution in [0.25, 0.3) is 0 Å². The molecule has 0 saturated carbocycles. The Morgan fingerprint density at radius 1 is 0.250 bits per heavy atom. The summed E-state index contributed by atoms with van der Waals surface area (Å²) in [6, 6.07) is 0. The van der Waals surface area contributed by atoms with Gasteiger partial charge in [-0.1, -0.05) is 25.7 Å². The molecule has 1 fully saturated rings. The monoisotopic (exact) mass is 288 g/mol. The lowest BCUT2D eigenvalue weighted by Crippen LogP contribution is -2.08. The van der Waals surface area contributed by atoms with Gasteiger partial charge in [0.05, 0.1) is 26.4 Å². The van der Waals surface area contributed by atoms with Crippen molar-refractivity contribution in [2.24, 2.45) is 0 Å². The highest BCUT2D eigenvalue weighted by Gasteiger charge is 1.96. The first-order valence-electron chi connectivity index (χ1n) is 8.31. The maximum Gasteiger partial charge on any atom is 0.0700 e. The summed E-state index contributed by atoms with van der Waals surface area (Å²) < 4.78 is 22.2. The first-order chi connectivity index (χ1) is 10.0. The summed E-state index contributed by atoms with van der Waals surface area (Å²) in [5.74, 6) is 0. The Kier molecular flexibility index (Phi) is 13.6. The standard InChI is InChI=1S/C16H32O4/c1-2-6-10-18-15-16-20-12-8-4-3-7-11-19-14-13-17-9-5-1/h1-16H2. The molecule has 20 heavy (non-hydrogen) atoms. The van der Waals surface area contributed by atoms with E-state index in [0.29, 0.717) is 0 Å². The lowest BCUT2D eigenvalue weighted by molar-refractivity contribution is 0.0385. The van der Waals surface area contributed by atoms with Crippen molar-refractivity contribution in [3.8, 4) is 0 Å². The fourth-order valence-corrected chi connectivity index (χ4v) is 2.17. The van der Waals surface area contributed by atoms with Gasteiger partial charge in [-0.15, -0.1) is 0 Å². The molecule has 0 atom stereocenters. The number of hydrogen-bond donors (Lipinski definition) is 0. The quantitative estimate of drug-likeness (QED) is 0.686. The van der Waals surface area contributed by atoms with E-state index in [4.69, 9.17) is 18.9 Å². The normalized spacial score (nSPS) is 24.0. The molecule has 0 N–H and O–H groups in total. The largest absolute Gasteiger partial charge is 0.379 e. The van der Waals surface area contributed by atoms with Crippen molar-refractivity contribution in [2.75, 3.05) is 52.9 Å². The van der Waals surface area contributed by atoms with Gasteiger partial charge in [0.15, 0.2) is 0 Å². The van der Waals surface area contributed by atoms with Gasteiger partial charge in [0, 0.05) is 26.4 Å². The Labute approximate surface area is 124 Å². The minimum Gasteiger partial charge on any atom is -0.379 e. The van der Waals surface area contributed by atoms with Gasteiger partial charge < -0.3 is 18.9 Å². The summed E-state index contributed by atoms with van der Waals surface area (Å²) in [6.45, 7) is 6.37. The zero-order valence-electron chi connectivity index (χ0n) is 12.9. The highest BCUT2D eigenvalue weighted by Crippen LogP contribution is 2.02. The van der Waals surface area contributed by atoms with Gasteiger partial charge in [-0.25, -0.2) is 0 Å². The molecule has 1 heterocycles. The Bertz CT molecular complexity index is 101. The third-order valence-electron chi connectivity index (χ3n) is 3.40. The van der Waals surface area contributed by atoms with Crippen LogP contribution in [0.1, 0.15) is 51.4 Å². The molecule has 0 aromatic heterocycles. The third-order valence-corrected chi connectivity index (χ3v) is 3.40. The van der Waals surface area contributed by atoms with E-state index in [1.54, 1.807) is 0 Å². The van der Waals surface area contributed by atoms with Crippen LogP contribution in [0.5, 0.6) is 0 Å². The van der Waals surface area contributed by atoms with E-state index in [9.17, 15) is 0 Å². The predicted octanol–water partition coefficient (Wildman–Crippen LogP) is 3.19. The second-order valence-electron chi connectivity index (χ2n) is 5.28. The highest BCUT2D eigenvalue weighted by molar-refractivity contribution is 4.45. The molecule has 1 saturated heterocycles. The van der Waals surface area contributed by atoms with E-state index in [2.05, 4.69) is 0 Å². The first-order valence-corrected chi connectivity index (χ1v) is 8.31. The molecule has 120 valence electrons. The van der Waals surface area contributed by atoms with Crippen LogP contribution in [0.4, 0.5) is 0 Å². The third kappa shape index (κ3) is 12.9. The molecule has 0 amide bonds. The lowest BCUT2D eigenvalue weighted by Gasteiger charge is -2.08. The van der Waals surface area contributed by atoms with Gasteiger partial charge >= 0.3 is 0 Å². The maximum atomic E-state index is 5.54. The van der Waals surface area contributed by atoms with Crippen LogP contribution in [-0.2, 0) is 18.9 Å². The Morgan fingerprint density at radius 2 is 0.500 bits per heavy atom. The van der Waals surface area contributed by atoms with Crippen LogP contribution in [0, 0.1) is 0 Å². The van der Waals surface area contributed by atoms with Crippen molar-refractivity contribution in [1.29, 1.82) is 0 Å². The SMILES string of the molecule is C1CCCOCCOCCCCCCOCCOCC1. The van der Waals surface area contributed by atoms with Crippen LogP contribution < -0.4 is 0 Å². The Hall–Kier alpha value is -0.160. The summed E-state index contributed by atoms with van der Waals surface area (Å²) in [4.78, 5) is 0. The van der Waals surface area contributed by atoms with E-state index in [1.807, 2.05) is 0 Å². The molecule has 0 spiro atoms. The molecule has 1 rings (SSSR count). The zero-order chi connectivity index (χ0) is 14.1. The number of rotatable bonds is 0. The maximum absolute atomic E-state index is 5.54. The molecule has 4 heteroatoms. The number of ether oxygens (including phenoxy) is 4. The summed E-state index contributed by atoms with van der Waals surface area (Å²) in [5, 5.41) is 0. The van der Waals surface area contributed by atoms with Gasteiger partial charge in [-0.05, 0) is 25.7 Å². The molecule has 0 bridgehead atoms. The molecular weight excluding hydrogens is 256 g/mol. The minimum atomic E-state index is 0.733. The molecule has 1 aliphatic heterocycles. The summed E-state index contributed by atoms with van der Waals surface area (Å²) in [6.07, 6.45) is 9.46. The van der Waals surface area contributed by atoms with E-state index < -0.39 is 0 Å². The smallest absolute Gasteiger partial charge is 0.0700 e. The first kappa shape index (κ1) is 17.9. The van der Waals surface area contributed by atoms with Crippen molar-refractivity contribution in [3.63, 3.8) is 0 Å². The second-order valence-corrected chi connectivity index (χ2v) is 5.28. The molecule has 0 radical (unpaired) electrons.